The topological polar surface area (TPSA) is 114 Å². The summed E-state index contributed by atoms with van der Waals surface area (Å²) in [6, 6.07) is 12.7. The van der Waals surface area contributed by atoms with Gasteiger partial charge in [0.25, 0.3) is 10.0 Å². The van der Waals surface area contributed by atoms with Gasteiger partial charge < -0.3 is 9.47 Å². The number of hydrogen-bond acceptors (Lipinski definition) is 7. The number of nitrogens with zero attached hydrogens (tertiary/aromatic N) is 2. The Morgan fingerprint density at radius 3 is 2.23 bits per heavy atom. The first-order valence-corrected chi connectivity index (χ1v) is 15.0. The molecular formula is C31H26F4N2O6S. The number of anilines is 1. The van der Waals surface area contributed by atoms with Crippen molar-refractivity contribution in [1.29, 1.82) is 5.26 Å². The predicted octanol–water partition coefficient (Wildman–Crippen LogP) is 5.99. The molecule has 0 amide bonds. The van der Waals surface area contributed by atoms with Crippen molar-refractivity contribution in [3.05, 3.63) is 77.9 Å². The fourth-order valence-corrected chi connectivity index (χ4v) is 7.71. The number of alkyl halides is 2. The third-order valence-corrected chi connectivity index (χ3v) is 10.3. The van der Waals surface area contributed by atoms with Gasteiger partial charge in [0.2, 0.25) is 0 Å². The van der Waals surface area contributed by atoms with E-state index in [0.717, 1.165) is 42.5 Å². The minimum atomic E-state index is -4.64. The van der Waals surface area contributed by atoms with Crippen molar-refractivity contribution in [1.82, 2.24) is 0 Å². The summed E-state index contributed by atoms with van der Waals surface area (Å²) < 4.78 is 93.4. The molecule has 8 nitrogen and oxygen atoms in total. The molecule has 13 heteroatoms. The first-order chi connectivity index (χ1) is 20.8. The number of ketones is 1. The van der Waals surface area contributed by atoms with Crippen LogP contribution in [0.1, 0.15) is 37.7 Å². The molecule has 0 saturated heterocycles. The van der Waals surface area contributed by atoms with Crippen molar-refractivity contribution in [3.8, 4) is 22.9 Å². The van der Waals surface area contributed by atoms with E-state index >= 15 is 4.39 Å². The number of nitriles is 1. The summed E-state index contributed by atoms with van der Waals surface area (Å²) in [4.78, 5) is 26.1. The molecule has 0 heterocycles. The molecule has 2 aliphatic carbocycles. The van der Waals surface area contributed by atoms with Crippen LogP contribution in [0.3, 0.4) is 0 Å². The van der Waals surface area contributed by atoms with E-state index in [0.29, 0.717) is 30.0 Å². The lowest BCUT2D eigenvalue weighted by atomic mass is 9.79. The first-order valence-electron chi connectivity index (χ1n) is 13.5. The highest BCUT2D eigenvalue weighted by Crippen LogP contribution is 2.62. The summed E-state index contributed by atoms with van der Waals surface area (Å²) in [5.41, 5.74) is -2.21. The monoisotopic (exact) mass is 630 g/mol. The highest BCUT2D eigenvalue weighted by atomic mass is 32.2. The number of esters is 1. The molecule has 0 spiro atoms. The fraction of sp³-hybridized carbons (Fsp3) is 0.323. The Labute approximate surface area is 250 Å². The molecule has 230 valence electrons. The number of halogens is 4. The maximum absolute atomic E-state index is 15.5. The molecule has 0 N–H and O–H groups in total. The van der Waals surface area contributed by atoms with Gasteiger partial charge >= 0.3 is 12.6 Å². The SMILES string of the molecule is COC(=O)C12CCC(C(=O)CN(c3cc(-c4cc(F)cc(OC(F)F)c4)ccc3F)S(=O)(=O)c3ccc(C#N)cc3)(CC1)C2. The maximum Gasteiger partial charge on any atom is 0.387 e. The van der Waals surface area contributed by atoms with Crippen LogP contribution in [0, 0.1) is 33.8 Å². The number of Topliss-reactive ketones (excluding diaryl/α,β-unsaturated/α-hetero) is 1. The number of benzene rings is 3. The van der Waals surface area contributed by atoms with Crippen molar-refractivity contribution in [2.75, 3.05) is 18.0 Å². The van der Waals surface area contributed by atoms with Crippen LogP contribution < -0.4 is 9.04 Å². The minimum Gasteiger partial charge on any atom is -0.469 e. The predicted molar refractivity (Wildman–Crippen MR) is 149 cm³/mol. The Kier molecular flexibility index (Phi) is 8.15. The number of carbonyl (C=O) groups excluding carboxylic acids is 2. The van der Waals surface area contributed by atoms with Gasteiger partial charge in [-0.15, -0.1) is 0 Å². The van der Waals surface area contributed by atoms with E-state index in [-0.39, 0.29) is 28.0 Å². The van der Waals surface area contributed by atoms with E-state index in [4.69, 9.17) is 10.00 Å². The van der Waals surface area contributed by atoms with Crippen LogP contribution in [-0.2, 0) is 24.3 Å². The molecule has 0 unspecified atom stereocenters. The van der Waals surface area contributed by atoms with E-state index in [1.165, 1.54) is 25.3 Å². The standard InChI is InChI=1S/C31H26F4N2O6S/c1-42-28(39)31-10-8-30(18-31,9-11-31)27(38)17-37(44(40,41)24-5-2-19(16-36)3-6-24)26-14-20(4-7-25(26)33)21-12-22(32)15-23(13-21)43-29(34)35/h2-7,12-15,29H,8-11,17-18H2,1H3. The largest absolute Gasteiger partial charge is 0.469 e. The normalized spacial score (nSPS) is 20.8. The second-order valence-electron chi connectivity index (χ2n) is 11.0. The van der Waals surface area contributed by atoms with Crippen molar-refractivity contribution in [2.24, 2.45) is 10.8 Å². The summed E-state index contributed by atoms with van der Waals surface area (Å²) >= 11 is 0. The fourth-order valence-electron chi connectivity index (χ4n) is 6.29. The van der Waals surface area contributed by atoms with Crippen LogP contribution in [0.2, 0.25) is 0 Å². The van der Waals surface area contributed by atoms with Gasteiger partial charge in [-0.2, -0.15) is 14.0 Å². The summed E-state index contributed by atoms with van der Waals surface area (Å²) in [5, 5.41) is 9.14. The Bertz CT molecular complexity index is 1760. The number of ether oxygens (including phenoxy) is 2. The zero-order valence-corrected chi connectivity index (χ0v) is 24.2. The molecule has 2 bridgehead atoms. The summed E-state index contributed by atoms with van der Waals surface area (Å²) in [6.45, 7) is -4.03. The summed E-state index contributed by atoms with van der Waals surface area (Å²) in [5.74, 6) is -3.42. The lowest BCUT2D eigenvalue weighted by Crippen LogP contribution is -2.42. The van der Waals surface area contributed by atoms with Gasteiger partial charge in [-0.3, -0.25) is 13.9 Å². The van der Waals surface area contributed by atoms with Crippen LogP contribution >= 0.6 is 0 Å². The third-order valence-electron chi connectivity index (χ3n) is 8.55. The van der Waals surface area contributed by atoms with Crippen LogP contribution in [0.15, 0.2) is 65.6 Å². The van der Waals surface area contributed by atoms with Crippen LogP contribution in [0.4, 0.5) is 23.2 Å². The summed E-state index contributed by atoms with van der Waals surface area (Å²) in [6.07, 6.45) is 1.60. The highest BCUT2D eigenvalue weighted by molar-refractivity contribution is 7.92. The van der Waals surface area contributed by atoms with E-state index in [1.54, 1.807) is 0 Å². The quantitative estimate of drug-likeness (QED) is 0.200. The van der Waals surface area contributed by atoms with Crippen LogP contribution in [-0.4, -0.2) is 40.4 Å². The molecule has 0 aliphatic heterocycles. The average Bonchev–Trinajstić information content (AvgIpc) is 3.58. The molecule has 44 heavy (non-hydrogen) atoms. The van der Waals surface area contributed by atoms with Crippen molar-refractivity contribution in [3.63, 3.8) is 0 Å². The number of methoxy groups -OCH3 is 1. The number of fused-ring (bicyclic) bond motifs is 2. The second-order valence-corrected chi connectivity index (χ2v) is 12.9. The number of carbonyl (C=O) groups is 2. The second kappa shape index (κ2) is 11.6. The molecular weight excluding hydrogens is 604 g/mol. The zero-order chi connectivity index (χ0) is 31.9. The van der Waals surface area contributed by atoms with E-state index < -0.39 is 68.8 Å². The average molecular weight is 631 g/mol. The van der Waals surface area contributed by atoms with Gasteiger partial charge in [0.15, 0.2) is 5.78 Å². The highest BCUT2D eigenvalue weighted by Gasteiger charge is 2.61. The van der Waals surface area contributed by atoms with Gasteiger partial charge in [0.05, 0.1) is 41.3 Å². The molecule has 3 aromatic carbocycles. The maximum atomic E-state index is 15.5. The minimum absolute atomic E-state index is 0.0167. The zero-order valence-electron chi connectivity index (χ0n) is 23.4. The Morgan fingerprint density at radius 1 is 0.955 bits per heavy atom. The van der Waals surface area contributed by atoms with E-state index in [2.05, 4.69) is 4.74 Å². The first kappa shape index (κ1) is 31.0. The van der Waals surface area contributed by atoms with Gasteiger partial charge in [0.1, 0.15) is 17.4 Å². The lowest BCUT2D eigenvalue weighted by Gasteiger charge is -2.30. The molecule has 3 aromatic rings. The van der Waals surface area contributed by atoms with Gasteiger partial charge in [-0.1, -0.05) is 6.07 Å². The lowest BCUT2D eigenvalue weighted by molar-refractivity contribution is -0.152. The van der Waals surface area contributed by atoms with Gasteiger partial charge in [-0.25, -0.2) is 17.2 Å². The van der Waals surface area contributed by atoms with Gasteiger partial charge in [-0.05, 0) is 91.8 Å². The molecule has 5 rings (SSSR count). The molecule has 0 atom stereocenters. The van der Waals surface area contributed by atoms with Crippen molar-refractivity contribution < 1.29 is 45.0 Å². The Balaban J connectivity index is 1.58. The molecule has 0 aromatic heterocycles. The van der Waals surface area contributed by atoms with Crippen molar-refractivity contribution in [2.45, 2.75) is 43.6 Å². The number of hydrogen-bond donors (Lipinski definition) is 0. The number of sulfonamides is 1. The van der Waals surface area contributed by atoms with Crippen LogP contribution in [0.5, 0.6) is 5.75 Å². The van der Waals surface area contributed by atoms with E-state index in [9.17, 15) is 31.2 Å². The van der Waals surface area contributed by atoms with Crippen molar-refractivity contribution >= 4 is 27.5 Å². The smallest absolute Gasteiger partial charge is 0.387 e. The Morgan fingerprint density at radius 2 is 1.61 bits per heavy atom. The molecule has 2 saturated carbocycles. The molecule has 2 aliphatic rings. The third kappa shape index (κ3) is 5.61. The van der Waals surface area contributed by atoms with Gasteiger partial charge in [0, 0.05) is 11.5 Å². The molecule has 0 radical (unpaired) electrons. The Hall–Kier alpha value is -4.44. The summed E-state index contributed by atoms with van der Waals surface area (Å²) in [7, 11) is -3.38. The number of rotatable bonds is 10. The van der Waals surface area contributed by atoms with Crippen LogP contribution in [0.25, 0.3) is 11.1 Å². The molecule has 2 fully saturated rings. The van der Waals surface area contributed by atoms with E-state index in [1.807, 2.05) is 6.07 Å².